The van der Waals surface area contributed by atoms with E-state index in [0.717, 1.165) is 19.5 Å². The second kappa shape index (κ2) is 6.11. The van der Waals surface area contributed by atoms with E-state index in [1.807, 2.05) is 0 Å². The number of rotatable bonds is 4. The molecule has 0 aromatic carbocycles. The van der Waals surface area contributed by atoms with Crippen molar-refractivity contribution in [2.75, 3.05) is 19.6 Å². The van der Waals surface area contributed by atoms with E-state index in [-0.39, 0.29) is 5.91 Å². The molecule has 1 fully saturated rings. The highest BCUT2D eigenvalue weighted by atomic mass is 32.1. The number of aromatic amines is 1. The lowest BCUT2D eigenvalue weighted by Crippen LogP contribution is -2.40. The fourth-order valence-corrected chi connectivity index (χ4v) is 2.68. The van der Waals surface area contributed by atoms with Crippen molar-refractivity contribution in [3.63, 3.8) is 0 Å². The van der Waals surface area contributed by atoms with Gasteiger partial charge in [0.05, 0.1) is 5.56 Å². The van der Waals surface area contributed by atoms with Crippen LogP contribution in [0.1, 0.15) is 30.1 Å². The maximum Gasteiger partial charge on any atom is 0.254 e. The van der Waals surface area contributed by atoms with Crippen LogP contribution in [0, 0.1) is 4.64 Å². The maximum atomic E-state index is 12.0. The average molecular weight is 265 g/mol. The van der Waals surface area contributed by atoms with Crippen LogP contribution in [0.15, 0.2) is 18.3 Å². The van der Waals surface area contributed by atoms with Gasteiger partial charge in [-0.2, -0.15) is 0 Å². The van der Waals surface area contributed by atoms with Gasteiger partial charge in [0, 0.05) is 18.8 Å². The number of H-pyrrole nitrogens is 1. The summed E-state index contributed by atoms with van der Waals surface area (Å²) in [5.74, 6) is -0.0835. The third-order valence-corrected chi connectivity index (χ3v) is 3.80. The predicted octanol–water partition coefficient (Wildman–Crippen LogP) is 1.96. The highest BCUT2D eigenvalue weighted by molar-refractivity contribution is 7.71. The Balaban J connectivity index is 1.93. The van der Waals surface area contributed by atoms with Crippen molar-refractivity contribution in [2.24, 2.45) is 0 Å². The lowest BCUT2D eigenvalue weighted by atomic mass is 10.2. The maximum absolute atomic E-state index is 12.0. The number of likely N-dealkylation sites (N-methyl/N-ethyl adjacent to an activating group) is 1. The van der Waals surface area contributed by atoms with E-state index in [1.54, 1.807) is 18.3 Å². The van der Waals surface area contributed by atoms with Gasteiger partial charge in [-0.15, -0.1) is 0 Å². The molecule has 2 rings (SSSR count). The Morgan fingerprint density at radius 1 is 1.67 bits per heavy atom. The SMILES string of the molecule is CCN1CCCC1CNC(=O)c1ccc[nH]c1=S. The molecule has 4 nitrogen and oxygen atoms in total. The van der Waals surface area contributed by atoms with Gasteiger partial charge in [0.25, 0.3) is 5.91 Å². The van der Waals surface area contributed by atoms with Crippen LogP contribution in [0.3, 0.4) is 0 Å². The molecule has 18 heavy (non-hydrogen) atoms. The van der Waals surface area contributed by atoms with Crippen LogP contribution in [0.4, 0.5) is 0 Å². The molecule has 1 aliphatic rings. The number of hydrogen-bond acceptors (Lipinski definition) is 3. The first-order valence-corrected chi connectivity index (χ1v) is 6.83. The molecule has 0 spiro atoms. The summed E-state index contributed by atoms with van der Waals surface area (Å²) in [5.41, 5.74) is 0.550. The topological polar surface area (TPSA) is 48.1 Å². The van der Waals surface area contributed by atoms with Crippen molar-refractivity contribution >= 4 is 18.1 Å². The first kappa shape index (κ1) is 13.2. The number of carbonyl (C=O) groups excluding carboxylic acids is 1. The number of aromatic nitrogens is 1. The van der Waals surface area contributed by atoms with Gasteiger partial charge in [-0.25, -0.2) is 0 Å². The van der Waals surface area contributed by atoms with Gasteiger partial charge < -0.3 is 10.3 Å². The first-order valence-electron chi connectivity index (χ1n) is 6.42. The minimum absolute atomic E-state index is 0.0835. The largest absolute Gasteiger partial charge is 0.352 e. The lowest BCUT2D eigenvalue weighted by Gasteiger charge is -2.22. The molecule has 5 heteroatoms. The Bertz CT molecular complexity index is 471. The minimum Gasteiger partial charge on any atom is -0.352 e. The smallest absolute Gasteiger partial charge is 0.254 e. The second-order valence-electron chi connectivity index (χ2n) is 4.55. The number of carbonyl (C=O) groups is 1. The quantitative estimate of drug-likeness (QED) is 0.818. The molecule has 1 aromatic rings. The van der Waals surface area contributed by atoms with E-state index in [4.69, 9.17) is 12.2 Å². The second-order valence-corrected chi connectivity index (χ2v) is 4.96. The highest BCUT2D eigenvalue weighted by Crippen LogP contribution is 2.15. The first-order chi connectivity index (χ1) is 8.72. The zero-order valence-corrected chi connectivity index (χ0v) is 11.4. The average Bonchev–Trinajstić information content (AvgIpc) is 2.84. The summed E-state index contributed by atoms with van der Waals surface area (Å²) in [6.45, 7) is 5.05. The molecule has 1 saturated heterocycles. The lowest BCUT2D eigenvalue weighted by molar-refractivity contribution is 0.0940. The Hall–Kier alpha value is -1.20. The molecule has 1 amide bonds. The highest BCUT2D eigenvalue weighted by Gasteiger charge is 2.23. The zero-order chi connectivity index (χ0) is 13.0. The van der Waals surface area contributed by atoms with Crippen LogP contribution >= 0.6 is 12.2 Å². The van der Waals surface area contributed by atoms with Crippen molar-refractivity contribution in [3.05, 3.63) is 28.5 Å². The van der Waals surface area contributed by atoms with Crippen LogP contribution in [0.25, 0.3) is 0 Å². The standard InChI is InChI=1S/C13H19N3OS/c1-2-16-8-4-5-10(16)9-15-12(17)11-6-3-7-14-13(11)18/h3,6-7,10H,2,4-5,8-9H2,1H3,(H,14,18)(H,15,17). The van der Waals surface area contributed by atoms with Crippen LogP contribution in [-0.4, -0.2) is 41.5 Å². The molecule has 1 aliphatic heterocycles. The number of nitrogens with zero attached hydrogens (tertiary/aromatic N) is 1. The summed E-state index contributed by atoms with van der Waals surface area (Å²) in [6, 6.07) is 4.01. The van der Waals surface area contributed by atoms with Gasteiger partial charge in [0.2, 0.25) is 0 Å². The van der Waals surface area contributed by atoms with Crippen molar-refractivity contribution < 1.29 is 4.79 Å². The Labute approximate surface area is 112 Å². The van der Waals surface area contributed by atoms with Crippen molar-refractivity contribution in [3.8, 4) is 0 Å². The van der Waals surface area contributed by atoms with Crippen molar-refractivity contribution in [1.29, 1.82) is 0 Å². The molecule has 1 unspecified atom stereocenters. The summed E-state index contributed by atoms with van der Waals surface area (Å²) in [5, 5.41) is 2.98. The number of likely N-dealkylation sites (tertiary alicyclic amines) is 1. The molecular formula is C13H19N3OS. The van der Waals surface area contributed by atoms with E-state index in [1.165, 1.54) is 6.42 Å². The molecular weight excluding hydrogens is 246 g/mol. The molecule has 0 saturated carbocycles. The molecule has 0 aliphatic carbocycles. The monoisotopic (exact) mass is 265 g/mol. The Morgan fingerprint density at radius 3 is 3.22 bits per heavy atom. The van der Waals surface area contributed by atoms with E-state index in [9.17, 15) is 4.79 Å². The summed E-state index contributed by atoms with van der Waals surface area (Å²) in [4.78, 5) is 17.3. The van der Waals surface area contributed by atoms with Gasteiger partial charge in [-0.05, 0) is 38.1 Å². The molecule has 0 bridgehead atoms. The van der Waals surface area contributed by atoms with Gasteiger partial charge in [0.15, 0.2) is 0 Å². The normalized spacial score (nSPS) is 19.9. The number of nitrogens with one attached hydrogen (secondary N) is 2. The van der Waals surface area contributed by atoms with Gasteiger partial charge in [-0.1, -0.05) is 19.1 Å². The number of hydrogen-bond donors (Lipinski definition) is 2. The third-order valence-electron chi connectivity index (χ3n) is 3.47. The van der Waals surface area contributed by atoms with Crippen LogP contribution < -0.4 is 5.32 Å². The van der Waals surface area contributed by atoms with Crippen molar-refractivity contribution in [2.45, 2.75) is 25.8 Å². The van der Waals surface area contributed by atoms with E-state index in [2.05, 4.69) is 22.1 Å². The van der Waals surface area contributed by atoms with Gasteiger partial charge in [-0.3, -0.25) is 9.69 Å². The summed E-state index contributed by atoms with van der Waals surface area (Å²) < 4.78 is 0.494. The van der Waals surface area contributed by atoms with Crippen LogP contribution in [0.5, 0.6) is 0 Å². The fourth-order valence-electron chi connectivity index (χ4n) is 2.45. The third kappa shape index (κ3) is 2.97. The van der Waals surface area contributed by atoms with E-state index >= 15 is 0 Å². The number of amides is 1. The van der Waals surface area contributed by atoms with E-state index < -0.39 is 0 Å². The molecule has 2 N–H and O–H groups in total. The van der Waals surface area contributed by atoms with Crippen LogP contribution in [-0.2, 0) is 0 Å². The predicted molar refractivity (Wildman–Crippen MR) is 74.2 cm³/mol. The molecule has 98 valence electrons. The summed E-state index contributed by atoms with van der Waals surface area (Å²) in [6.07, 6.45) is 4.12. The van der Waals surface area contributed by atoms with Crippen LogP contribution in [0.2, 0.25) is 0 Å². The molecule has 2 heterocycles. The molecule has 1 aromatic heterocycles. The minimum atomic E-state index is -0.0835. The fraction of sp³-hybridized carbons (Fsp3) is 0.538. The summed E-state index contributed by atoms with van der Waals surface area (Å²) >= 11 is 5.10. The van der Waals surface area contributed by atoms with Gasteiger partial charge >= 0.3 is 0 Å². The van der Waals surface area contributed by atoms with E-state index in [0.29, 0.717) is 22.8 Å². The number of pyridine rings is 1. The van der Waals surface area contributed by atoms with Gasteiger partial charge in [0.1, 0.15) is 4.64 Å². The molecule has 0 radical (unpaired) electrons. The Kier molecular flexibility index (Phi) is 4.49. The zero-order valence-electron chi connectivity index (χ0n) is 10.6. The van der Waals surface area contributed by atoms with Crippen molar-refractivity contribution in [1.82, 2.24) is 15.2 Å². The molecule has 1 atom stereocenters. The summed E-state index contributed by atoms with van der Waals surface area (Å²) in [7, 11) is 0. The Morgan fingerprint density at radius 2 is 2.50 bits per heavy atom.